The zero-order valence-electron chi connectivity index (χ0n) is 9.75. The van der Waals surface area contributed by atoms with Crippen LogP contribution < -0.4 is 5.73 Å². The maximum atomic E-state index is 6.08. The van der Waals surface area contributed by atoms with Crippen LogP contribution >= 0.6 is 27.3 Å². The van der Waals surface area contributed by atoms with E-state index >= 15 is 0 Å². The molecule has 0 radical (unpaired) electrons. The van der Waals surface area contributed by atoms with E-state index in [-0.39, 0.29) is 5.54 Å². The number of rotatable bonds is 4. The lowest BCUT2D eigenvalue weighted by Gasteiger charge is -2.30. The van der Waals surface area contributed by atoms with Crippen LogP contribution in [0.15, 0.2) is 15.9 Å². The van der Waals surface area contributed by atoms with Crippen molar-refractivity contribution in [2.45, 2.75) is 31.8 Å². The van der Waals surface area contributed by atoms with Crippen LogP contribution in [0.4, 0.5) is 0 Å². The van der Waals surface area contributed by atoms with Crippen molar-refractivity contribution in [1.82, 2.24) is 4.90 Å². The third kappa shape index (κ3) is 4.23. The molecule has 0 spiro atoms. The van der Waals surface area contributed by atoms with Gasteiger partial charge >= 0.3 is 0 Å². The normalized spacial score (nSPS) is 14.6. The molecule has 0 amide bonds. The Hall–Kier alpha value is 0.1000. The Morgan fingerprint density at radius 1 is 1.53 bits per heavy atom. The van der Waals surface area contributed by atoms with Gasteiger partial charge in [0.1, 0.15) is 0 Å². The van der Waals surface area contributed by atoms with E-state index in [4.69, 9.17) is 5.73 Å². The molecule has 0 aliphatic rings. The quantitative estimate of drug-likeness (QED) is 0.922. The van der Waals surface area contributed by atoms with Gasteiger partial charge in [-0.25, -0.2) is 0 Å². The first kappa shape index (κ1) is 13.2. The molecule has 0 saturated heterocycles. The van der Waals surface area contributed by atoms with E-state index in [2.05, 4.69) is 60.2 Å². The first-order chi connectivity index (χ1) is 6.79. The monoisotopic (exact) mass is 290 g/mol. The Balaban J connectivity index is 2.84. The average Bonchev–Trinajstić information content (AvgIpc) is 2.45. The maximum Gasteiger partial charge on any atom is 0.0453 e. The number of thiophene rings is 1. The van der Waals surface area contributed by atoms with Crippen molar-refractivity contribution in [3.63, 3.8) is 0 Å². The lowest BCUT2D eigenvalue weighted by atomic mass is 9.95. The summed E-state index contributed by atoms with van der Waals surface area (Å²) in [5.41, 5.74) is 5.95. The Bertz CT molecular complexity index is 315. The van der Waals surface area contributed by atoms with E-state index in [0.29, 0.717) is 6.04 Å². The standard InChI is InChI=1S/C11H19BrN2S/c1-11(2,13)6-9(14(3)4)10-5-8(12)7-15-10/h5,7,9H,6,13H2,1-4H3. The molecule has 1 aromatic rings. The molecule has 0 fully saturated rings. The number of halogens is 1. The summed E-state index contributed by atoms with van der Waals surface area (Å²) in [6, 6.07) is 2.59. The molecule has 1 unspecified atom stereocenters. The molecule has 1 rings (SSSR count). The fourth-order valence-electron chi connectivity index (χ4n) is 1.54. The molecule has 0 aliphatic heterocycles. The molecule has 4 heteroatoms. The smallest absolute Gasteiger partial charge is 0.0453 e. The zero-order chi connectivity index (χ0) is 11.6. The summed E-state index contributed by atoms with van der Waals surface area (Å²) >= 11 is 5.27. The van der Waals surface area contributed by atoms with Gasteiger partial charge in [0.15, 0.2) is 0 Å². The predicted molar refractivity (Wildman–Crippen MR) is 71.3 cm³/mol. The SMILES string of the molecule is CN(C)C(CC(C)(C)N)c1cc(Br)cs1. The molecule has 15 heavy (non-hydrogen) atoms. The van der Waals surface area contributed by atoms with Gasteiger partial charge in [-0.1, -0.05) is 0 Å². The minimum absolute atomic E-state index is 0.134. The Morgan fingerprint density at radius 3 is 2.47 bits per heavy atom. The molecule has 1 heterocycles. The van der Waals surface area contributed by atoms with Gasteiger partial charge < -0.3 is 10.6 Å². The number of hydrogen-bond acceptors (Lipinski definition) is 3. The summed E-state index contributed by atoms with van der Waals surface area (Å²) in [6.07, 6.45) is 0.965. The summed E-state index contributed by atoms with van der Waals surface area (Å²) < 4.78 is 1.16. The van der Waals surface area contributed by atoms with Gasteiger partial charge in [0, 0.05) is 26.3 Å². The number of hydrogen-bond donors (Lipinski definition) is 1. The first-order valence-electron chi connectivity index (χ1n) is 4.99. The molecule has 0 saturated carbocycles. The highest BCUT2D eigenvalue weighted by Crippen LogP contribution is 2.32. The third-order valence-electron chi connectivity index (χ3n) is 2.26. The van der Waals surface area contributed by atoms with E-state index in [0.717, 1.165) is 10.9 Å². The van der Waals surface area contributed by atoms with Gasteiger partial charge in [-0.3, -0.25) is 0 Å². The second-order valence-corrected chi connectivity index (χ2v) is 6.70. The third-order valence-corrected chi connectivity index (χ3v) is 4.05. The van der Waals surface area contributed by atoms with E-state index in [1.165, 1.54) is 4.88 Å². The van der Waals surface area contributed by atoms with Gasteiger partial charge in [-0.15, -0.1) is 11.3 Å². The van der Waals surface area contributed by atoms with Crippen LogP contribution in [0, 0.1) is 0 Å². The van der Waals surface area contributed by atoms with Gasteiger partial charge in [0.25, 0.3) is 0 Å². The van der Waals surface area contributed by atoms with Crippen molar-refractivity contribution in [2.24, 2.45) is 5.73 Å². The second kappa shape index (κ2) is 4.95. The molecule has 0 aromatic carbocycles. The summed E-state index contributed by atoms with van der Waals surface area (Å²) in [5, 5.41) is 2.12. The molecule has 0 aliphatic carbocycles. The molecule has 1 aromatic heterocycles. The van der Waals surface area contributed by atoms with E-state index in [1.807, 2.05) is 0 Å². The Labute approximate surface area is 105 Å². The molecule has 2 N–H and O–H groups in total. The van der Waals surface area contributed by atoms with Gasteiger partial charge in [-0.05, 0) is 56.4 Å². The van der Waals surface area contributed by atoms with Crippen LogP contribution in [0.1, 0.15) is 31.2 Å². The minimum Gasteiger partial charge on any atom is -0.325 e. The van der Waals surface area contributed by atoms with Gasteiger partial charge in [0.2, 0.25) is 0 Å². The summed E-state index contributed by atoms with van der Waals surface area (Å²) in [6.45, 7) is 4.15. The van der Waals surface area contributed by atoms with E-state index in [1.54, 1.807) is 11.3 Å². The molecule has 0 bridgehead atoms. The summed E-state index contributed by atoms with van der Waals surface area (Å²) in [4.78, 5) is 3.60. The number of nitrogens with zero attached hydrogens (tertiary/aromatic N) is 1. The lowest BCUT2D eigenvalue weighted by molar-refractivity contribution is 0.246. The van der Waals surface area contributed by atoms with Crippen molar-refractivity contribution < 1.29 is 0 Å². The van der Waals surface area contributed by atoms with Crippen LogP contribution in [0.2, 0.25) is 0 Å². The molecule has 1 atom stereocenters. The van der Waals surface area contributed by atoms with Crippen LogP contribution in [-0.2, 0) is 0 Å². The van der Waals surface area contributed by atoms with Crippen molar-refractivity contribution in [2.75, 3.05) is 14.1 Å². The van der Waals surface area contributed by atoms with E-state index in [9.17, 15) is 0 Å². The fourth-order valence-corrected chi connectivity index (χ4v) is 3.18. The summed E-state index contributed by atoms with van der Waals surface area (Å²) in [7, 11) is 4.20. The van der Waals surface area contributed by atoms with Crippen LogP contribution in [0.5, 0.6) is 0 Å². The lowest BCUT2D eigenvalue weighted by Crippen LogP contribution is -2.37. The Kier molecular flexibility index (Phi) is 4.35. The van der Waals surface area contributed by atoms with Gasteiger partial charge in [0.05, 0.1) is 0 Å². The molecular weight excluding hydrogens is 272 g/mol. The van der Waals surface area contributed by atoms with Crippen LogP contribution in [0.3, 0.4) is 0 Å². The Morgan fingerprint density at radius 2 is 2.13 bits per heavy atom. The average molecular weight is 291 g/mol. The highest BCUT2D eigenvalue weighted by atomic mass is 79.9. The van der Waals surface area contributed by atoms with Crippen molar-refractivity contribution >= 4 is 27.3 Å². The molecular formula is C11H19BrN2S. The predicted octanol–water partition coefficient (Wildman–Crippen LogP) is 3.24. The molecule has 86 valence electrons. The van der Waals surface area contributed by atoms with E-state index < -0.39 is 0 Å². The van der Waals surface area contributed by atoms with Gasteiger partial charge in [-0.2, -0.15) is 0 Å². The fraction of sp³-hybridized carbons (Fsp3) is 0.636. The van der Waals surface area contributed by atoms with Crippen molar-refractivity contribution in [1.29, 1.82) is 0 Å². The second-order valence-electron chi connectivity index (χ2n) is 4.84. The van der Waals surface area contributed by atoms with Crippen LogP contribution in [-0.4, -0.2) is 24.5 Å². The first-order valence-corrected chi connectivity index (χ1v) is 6.66. The molecule has 2 nitrogen and oxygen atoms in total. The summed E-state index contributed by atoms with van der Waals surface area (Å²) in [5.74, 6) is 0. The van der Waals surface area contributed by atoms with Crippen molar-refractivity contribution in [3.05, 3.63) is 20.8 Å². The van der Waals surface area contributed by atoms with Crippen LogP contribution in [0.25, 0.3) is 0 Å². The highest BCUT2D eigenvalue weighted by Gasteiger charge is 2.23. The number of nitrogens with two attached hydrogens (primary N) is 1. The topological polar surface area (TPSA) is 29.3 Å². The minimum atomic E-state index is -0.134. The highest BCUT2D eigenvalue weighted by molar-refractivity contribution is 9.10. The zero-order valence-corrected chi connectivity index (χ0v) is 12.2. The largest absolute Gasteiger partial charge is 0.325 e. The maximum absolute atomic E-state index is 6.08. The van der Waals surface area contributed by atoms with Crippen molar-refractivity contribution in [3.8, 4) is 0 Å².